The minimum atomic E-state index is -1.38. The van der Waals surface area contributed by atoms with Crippen molar-refractivity contribution in [3.63, 3.8) is 0 Å². The first-order chi connectivity index (χ1) is 9.63. The Morgan fingerprint density at radius 3 is 2.75 bits per heavy atom. The van der Waals surface area contributed by atoms with E-state index >= 15 is 0 Å². The standard InChI is InChI=1S/C13H9FN2O2S2/c14-8-1-3-9(4-2-8)20(18)7-11-15-10-5-6-19-12(10)13(17)16-11/h1-6H,7H2,(H,15,16,17). The molecule has 0 fully saturated rings. The highest BCUT2D eigenvalue weighted by molar-refractivity contribution is 7.84. The number of rotatable bonds is 3. The second kappa shape index (κ2) is 5.26. The molecule has 4 nitrogen and oxygen atoms in total. The van der Waals surface area contributed by atoms with Crippen molar-refractivity contribution < 1.29 is 8.60 Å². The summed E-state index contributed by atoms with van der Waals surface area (Å²) in [5, 5.41) is 1.79. The third-order valence-electron chi connectivity index (χ3n) is 2.71. The van der Waals surface area contributed by atoms with Gasteiger partial charge in [-0.2, -0.15) is 0 Å². The quantitative estimate of drug-likeness (QED) is 0.808. The Hall–Kier alpha value is -1.86. The summed E-state index contributed by atoms with van der Waals surface area (Å²) in [6.07, 6.45) is 0. The second-order valence-corrected chi connectivity index (χ2v) is 6.46. The summed E-state index contributed by atoms with van der Waals surface area (Å²) >= 11 is 1.32. The Labute approximate surface area is 119 Å². The zero-order chi connectivity index (χ0) is 14.1. The predicted molar refractivity (Wildman–Crippen MR) is 76.8 cm³/mol. The summed E-state index contributed by atoms with van der Waals surface area (Å²) in [6.45, 7) is 0. The van der Waals surface area contributed by atoms with Crippen LogP contribution in [0, 0.1) is 5.82 Å². The Bertz CT molecular complexity index is 839. The van der Waals surface area contributed by atoms with Gasteiger partial charge in [0.25, 0.3) is 5.56 Å². The normalized spacial score (nSPS) is 12.7. The van der Waals surface area contributed by atoms with Crippen LogP contribution in [0.3, 0.4) is 0 Å². The summed E-state index contributed by atoms with van der Waals surface area (Å²) in [7, 11) is -1.38. The minimum absolute atomic E-state index is 0.0899. The summed E-state index contributed by atoms with van der Waals surface area (Å²) in [6, 6.07) is 7.19. The number of aromatic nitrogens is 2. The molecule has 0 amide bonds. The van der Waals surface area contributed by atoms with E-state index in [4.69, 9.17) is 0 Å². The van der Waals surface area contributed by atoms with Crippen LogP contribution in [0.15, 0.2) is 45.4 Å². The van der Waals surface area contributed by atoms with Crippen LogP contribution >= 0.6 is 11.3 Å². The molecule has 0 saturated heterocycles. The number of hydrogen-bond donors (Lipinski definition) is 1. The third kappa shape index (κ3) is 2.54. The molecule has 0 spiro atoms. The molecule has 0 radical (unpaired) electrons. The molecule has 0 aliphatic carbocycles. The smallest absolute Gasteiger partial charge is 0.268 e. The van der Waals surface area contributed by atoms with Gasteiger partial charge in [-0.1, -0.05) is 0 Å². The molecule has 0 aliphatic heterocycles. The molecule has 2 heterocycles. The monoisotopic (exact) mass is 308 g/mol. The maximum atomic E-state index is 12.8. The van der Waals surface area contributed by atoms with Gasteiger partial charge in [-0.15, -0.1) is 11.3 Å². The van der Waals surface area contributed by atoms with Crippen LogP contribution in [0.5, 0.6) is 0 Å². The molecule has 0 aliphatic rings. The van der Waals surface area contributed by atoms with Crippen molar-refractivity contribution in [1.29, 1.82) is 0 Å². The summed E-state index contributed by atoms with van der Waals surface area (Å²) in [5.41, 5.74) is 0.376. The molecule has 102 valence electrons. The fraction of sp³-hybridized carbons (Fsp3) is 0.0769. The number of aromatic amines is 1. The van der Waals surface area contributed by atoms with Gasteiger partial charge in [0.1, 0.15) is 16.3 Å². The van der Waals surface area contributed by atoms with E-state index in [2.05, 4.69) is 9.97 Å². The molecule has 3 rings (SSSR count). The van der Waals surface area contributed by atoms with Gasteiger partial charge < -0.3 is 4.98 Å². The lowest BCUT2D eigenvalue weighted by Gasteiger charge is -2.02. The Morgan fingerprint density at radius 1 is 1.25 bits per heavy atom. The van der Waals surface area contributed by atoms with Crippen LogP contribution in [-0.2, 0) is 16.6 Å². The first-order valence-electron chi connectivity index (χ1n) is 5.74. The van der Waals surface area contributed by atoms with Crippen molar-refractivity contribution in [3.05, 3.63) is 57.7 Å². The SMILES string of the molecule is O=c1[nH]c(CS(=O)c2ccc(F)cc2)nc2ccsc12. The molecular weight excluding hydrogens is 299 g/mol. The van der Waals surface area contributed by atoms with Gasteiger partial charge >= 0.3 is 0 Å². The lowest BCUT2D eigenvalue weighted by molar-refractivity contribution is 0.626. The van der Waals surface area contributed by atoms with Crippen LogP contribution in [0.1, 0.15) is 5.82 Å². The highest BCUT2D eigenvalue weighted by Crippen LogP contribution is 2.15. The number of halogens is 1. The van der Waals surface area contributed by atoms with Gasteiger partial charge in [0, 0.05) is 4.90 Å². The molecule has 1 unspecified atom stereocenters. The summed E-state index contributed by atoms with van der Waals surface area (Å²) in [5.74, 6) is 0.0765. The lowest BCUT2D eigenvalue weighted by atomic mass is 10.4. The average Bonchev–Trinajstić information content (AvgIpc) is 2.88. The third-order valence-corrected chi connectivity index (χ3v) is 4.94. The fourth-order valence-electron chi connectivity index (χ4n) is 1.78. The van der Waals surface area contributed by atoms with Gasteiger partial charge in [-0.3, -0.25) is 9.00 Å². The van der Waals surface area contributed by atoms with Gasteiger partial charge in [0.05, 0.1) is 22.1 Å². The highest BCUT2D eigenvalue weighted by atomic mass is 32.2. The number of thiophene rings is 1. The Balaban J connectivity index is 1.90. The van der Waals surface area contributed by atoms with Gasteiger partial charge in [-0.25, -0.2) is 9.37 Å². The van der Waals surface area contributed by atoms with Gasteiger partial charge in [0.15, 0.2) is 0 Å². The molecule has 3 aromatic rings. The van der Waals surface area contributed by atoms with Crippen molar-refractivity contribution in [2.45, 2.75) is 10.6 Å². The van der Waals surface area contributed by atoms with E-state index in [1.807, 2.05) is 0 Å². The number of fused-ring (bicyclic) bond motifs is 1. The Morgan fingerprint density at radius 2 is 2.00 bits per heavy atom. The molecule has 7 heteroatoms. The number of H-pyrrole nitrogens is 1. The zero-order valence-electron chi connectivity index (χ0n) is 10.1. The van der Waals surface area contributed by atoms with Gasteiger partial charge in [-0.05, 0) is 35.7 Å². The topological polar surface area (TPSA) is 62.8 Å². The number of hydrogen-bond acceptors (Lipinski definition) is 4. The van der Waals surface area contributed by atoms with E-state index in [-0.39, 0.29) is 17.1 Å². The van der Waals surface area contributed by atoms with Crippen LogP contribution in [0.4, 0.5) is 4.39 Å². The molecule has 20 heavy (non-hydrogen) atoms. The lowest BCUT2D eigenvalue weighted by Crippen LogP contribution is -2.12. The van der Waals surface area contributed by atoms with Crippen LogP contribution in [-0.4, -0.2) is 14.2 Å². The molecule has 1 atom stereocenters. The van der Waals surface area contributed by atoms with Crippen molar-refractivity contribution in [2.24, 2.45) is 0 Å². The molecule has 1 aromatic carbocycles. The number of nitrogens with one attached hydrogen (secondary N) is 1. The second-order valence-electron chi connectivity index (χ2n) is 4.09. The fourth-order valence-corrected chi connectivity index (χ4v) is 3.50. The van der Waals surface area contributed by atoms with E-state index in [1.54, 1.807) is 11.4 Å². The van der Waals surface area contributed by atoms with Crippen molar-refractivity contribution in [3.8, 4) is 0 Å². The van der Waals surface area contributed by atoms with E-state index in [9.17, 15) is 13.4 Å². The molecule has 0 saturated carbocycles. The Kier molecular flexibility index (Phi) is 3.45. The molecule has 2 aromatic heterocycles. The maximum absolute atomic E-state index is 12.8. The van der Waals surface area contributed by atoms with Crippen LogP contribution in [0.25, 0.3) is 10.2 Å². The van der Waals surface area contributed by atoms with Crippen molar-refractivity contribution in [2.75, 3.05) is 0 Å². The number of benzene rings is 1. The number of nitrogens with zero attached hydrogens (tertiary/aromatic N) is 1. The average molecular weight is 308 g/mol. The minimum Gasteiger partial charge on any atom is -0.309 e. The first kappa shape index (κ1) is 13.1. The largest absolute Gasteiger partial charge is 0.309 e. The van der Waals surface area contributed by atoms with E-state index in [0.717, 1.165) is 0 Å². The predicted octanol–water partition coefficient (Wildman–Crippen LogP) is 2.43. The first-order valence-corrected chi connectivity index (χ1v) is 7.94. The maximum Gasteiger partial charge on any atom is 0.268 e. The summed E-state index contributed by atoms with van der Waals surface area (Å²) in [4.78, 5) is 19.2. The highest BCUT2D eigenvalue weighted by Gasteiger charge is 2.10. The van der Waals surface area contributed by atoms with Gasteiger partial charge in [0.2, 0.25) is 0 Å². The van der Waals surface area contributed by atoms with Crippen LogP contribution < -0.4 is 5.56 Å². The van der Waals surface area contributed by atoms with Crippen LogP contribution in [0.2, 0.25) is 0 Å². The zero-order valence-corrected chi connectivity index (χ0v) is 11.8. The van der Waals surface area contributed by atoms with E-state index in [0.29, 0.717) is 20.9 Å². The van der Waals surface area contributed by atoms with E-state index < -0.39 is 10.8 Å². The summed E-state index contributed by atoms with van der Waals surface area (Å²) < 4.78 is 25.5. The molecular formula is C13H9FN2O2S2. The molecule has 0 bridgehead atoms. The van der Waals surface area contributed by atoms with Crippen molar-refractivity contribution >= 4 is 32.4 Å². The van der Waals surface area contributed by atoms with E-state index in [1.165, 1.54) is 35.6 Å². The molecule has 1 N–H and O–H groups in total. The van der Waals surface area contributed by atoms with Crippen molar-refractivity contribution in [1.82, 2.24) is 9.97 Å².